The van der Waals surface area contributed by atoms with Crippen molar-refractivity contribution in [2.75, 3.05) is 32.8 Å². The lowest BCUT2D eigenvalue weighted by Gasteiger charge is -2.39. The smallest absolute Gasteiger partial charge is 0.245 e. The molecule has 3 unspecified atom stereocenters. The number of likely N-dealkylation sites (N-methyl/N-ethyl adjacent to an activating group) is 1. The molecule has 2 heterocycles. The van der Waals surface area contributed by atoms with E-state index in [0.717, 1.165) is 19.4 Å². The summed E-state index contributed by atoms with van der Waals surface area (Å²) in [5, 5.41) is 6.13. The lowest BCUT2D eigenvalue weighted by molar-refractivity contribution is -0.152. The van der Waals surface area contributed by atoms with Gasteiger partial charge in [0.2, 0.25) is 11.8 Å². The van der Waals surface area contributed by atoms with Crippen LogP contribution in [0.4, 0.5) is 0 Å². The Balaban J connectivity index is 2.06. The van der Waals surface area contributed by atoms with Crippen LogP contribution in [0.15, 0.2) is 0 Å². The van der Waals surface area contributed by atoms with E-state index >= 15 is 0 Å². The number of carbonyl (C=O) groups excluding carboxylic acids is 2. The average Bonchev–Trinajstić information content (AvgIpc) is 2.47. The standard InChI is InChI=1S/C14H25N3O3/c1-3-15-13(18)12-9-20-8-7-17(12)14(19)11-5-4-6-16-10(11)2/h10-12,16H,3-9H2,1-2H3,(H,15,18). The third-order valence-corrected chi connectivity index (χ3v) is 4.14. The van der Waals surface area contributed by atoms with E-state index in [-0.39, 0.29) is 23.8 Å². The lowest BCUT2D eigenvalue weighted by atomic mass is 9.90. The molecule has 0 aliphatic carbocycles. The Morgan fingerprint density at radius 3 is 2.95 bits per heavy atom. The molecule has 6 nitrogen and oxygen atoms in total. The van der Waals surface area contributed by atoms with Gasteiger partial charge in [0.15, 0.2) is 0 Å². The van der Waals surface area contributed by atoms with Crippen molar-refractivity contribution in [3.8, 4) is 0 Å². The molecule has 2 saturated heterocycles. The molecule has 2 aliphatic rings. The van der Waals surface area contributed by atoms with E-state index in [1.54, 1.807) is 4.90 Å². The minimum absolute atomic E-state index is 0.0289. The predicted molar refractivity (Wildman–Crippen MR) is 75.2 cm³/mol. The molecule has 0 radical (unpaired) electrons. The highest BCUT2D eigenvalue weighted by Crippen LogP contribution is 2.21. The van der Waals surface area contributed by atoms with Gasteiger partial charge in [-0.1, -0.05) is 0 Å². The number of rotatable bonds is 3. The molecular formula is C14H25N3O3. The maximum atomic E-state index is 12.7. The molecule has 2 fully saturated rings. The number of ether oxygens (including phenoxy) is 1. The van der Waals surface area contributed by atoms with Crippen LogP contribution in [0.5, 0.6) is 0 Å². The molecule has 0 saturated carbocycles. The Morgan fingerprint density at radius 1 is 1.45 bits per heavy atom. The molecule has 2 amide bonds. The summed E-state index contributed by atoms with van der Waals surface area (Å²) in [6.07, 6.45) is 1.91. The van der Waals surface area contributed by atoms with Crippen molar-refractivity contribution in [1.29, 1.82) is 0 Å². The van der Waals surface area contributed by atoms with Gasteiger partial charge in [0.1, 0.15) is 6.04 Å². The first-order valence-corrected chi connectivity index (χ1v) is 7.54. The van der Waals surface area contributed by atoms with Crippen molar-refractivity contribution < 1.29 is 14.3 Å². The monoisotopic (exact) mass is 283 g/mol. The molecule has 3 atom stereocenters. The van der Waals surface area contributed by atoms with Gasteiger partial charge in [-0.25, -0.2) is 0 Å². The van der Waals surface area contributed by atoms with Crippen molar-refractivity contribution in [1.82, 2.24) is 15.5 Å². The number of morpholine rings is 1. The second-order valence-electron chi connectivity index (χ2n) is 5.51. The first-order chi connectivity index (χ1) is 9.65. The van der Waals surface area contributed by atoms with Crippen molar-refractivity contribution >= 4 is 11.8 Å². The Kier molecular flexibility index (Phi) is 5.37. The summed E-state index contributed by atoms with van der Waals surface area (Å²) < 4.78 is 5.37. The van der Waals surface area contributed by atoms with Gasteiger partial charge in [0.25, 0.3) is 0 Å². The molecule has 0 aromatic rings. The zero-order valence-electron chi connectivity index (χ0n) is 12.4. The fourth-order valence-corrected chi connectivity index (χ4v) is 2.97. The number of amides is 2. The minimum atomic E-state index is -0.481. The van der Waals surface area contributed by atoms with Crippen molar-refractivity contribution in [3.05, 3.63) is 0 Å². The first kappa shape index (κ1) is 15.3. The zero-order chi connectivity index (χ0) is 14.5. The molecule has 0 aromatic carbocycles. The summed E-state index contributed by atoms with van der Waals surface area (Å²) in [6.45, 7) is 6.77. The molecule has 0 spiro atoms. The van der Waals surface area contributed by atoms with Gasteiger partial charge in [0.05, 0.1) is 19.1 Å². The molecule has 114 valence electrons. The highest BCUT2D eigenvalue weighted by molar-refractivity contribution is 5.89. The number of nitrogens with zero attached hydrogens (tertiary/aromatic N) is 1. The fourth-order valence-electron chi connectivity index (χ4n) is 2.97. The Morgan fingerprint density at radius 2 is 2.25 bits per heavy atom. The second kappa shape index (κ2) is 7.04. The Hall–Kier alpha value is -1.14. The Bertz CT molecular complexity index is 362. The van der Waals surface area contributed by atoms with Crippen molar-refractivity contribution in [2.45, 2.75) is 38.8 Å². The van der Waals surface area contributed by atoms with Gasteiger partial charge in [-0.3, -0.25) is 9.59 Å². The summed E-state index contributed by atoms with van der Waals surface area (Å²) >= 11 is 0. The van der Waals surface area contributed by atoms with E-state index in [1.807, 2.05) is 13.8 Å². The molecule has 0 aromatic heterocycles. The predicted octanol–water partition coefficient (Wildman–Crippen LogP) is -0.262. The zero-order valence-corrected chi connectivity index (χ0v) is 12.4. The summed E-state index contributed by atoms with van der Waals surface area (Å²) in [5.41, 5.74) is 0. The van der Waals surface area contributed by atoms with Crippen LogP contribution in [-0.4, -0.2) is 61.6 Å². The second-order valence-corrected chi connectivity index (χ2v) is 5.51. The van der Waals surface area contributed by atoms with Crippen LogP contribution < -0.4 is 10.6 Å². The normalized spacial score (nSPS) is 30.9. The third-order valence-electron chi connectivity index (χ3n) is 4.14. The number of carbonyl (C=O) groups is 2. The van der Waals surface area contributed by atoms with Crippen molar-refractivity contribution in [2.24, 2.45) is 5.92 Å². The maximum Gasteiger partial charge on any atom is 0.245 e. The van der Waals surface area contributed by atoms with Crippen LogP contribution in [0.2, 0.25) is 0 Å². The molecule has 0 bridgehead atoms. The SMILES string of the molecule is CCNC(=O)C1COCCN1C(=O)C1CCCNC1C. The highest BCUT2D eigenvalue weighted by Gasteiger charge is 2.38. The van der Waals surface area contributed by atoms with Gasteiger partial charge in [-0.15, -0.1) is 0 Å². The van der Waals surface area contributed by atoms with Crippen LogP contribution >= 0.6 is 0 Å². The van der Waals surface area contributed by atoms with Gasteiger partial charge in [-0.05, 0) is 33.2 Å². The van der Waals surface area contributed by atoms with Crippen LogP contribution in [-0.2, 0) is 14.3 Å². The minimum Gasteiger partial charge on any atom is -0.377 e. The van der Waals surface area contributed by atoms with E-state index in [2.05, 4.69) is 10.6 Å². The van der Waals surface area contributed by atoms with Gasteiger partial charge >= 0.3 is 0 Å². The number of nitrogens with one attached hydrogen (secondary N) is 2. The van der Waals surface area contributed by atoms with Gasteiger partial charge in [0, 0.05) is 19.1 Å². The summed E-state index contributed by atoms with van der Waals surface area (Å²) in [7, 11) is 0. The number of piperidine rings is 1. The maximum absolute atomic E-state index is 12.7. The van der Waals surface area contributed by atoms with E-state index in [0.29, 0.717) is 26.3 Å². The summed E-state index contributed by atoms with van der Waals surface area (Å²) in [5.74, 6) is -0.0556. The van der Waals surface area contributed by atoms with Crippen LogP contribution in [0.3, 0.4) is 0 Å². The quantitative estimate of drug-likeness (QED) is 0.748. The molecule has 2 rings (SSSR count). The first-order valence-electron chi connectivity index (χ1n) is 7.54. The molecule has 20 heavy (non-hydrogen) atoms. The third kappa shape index (κ3) is 3.30. The summed E-state index contributed by atoms with van der Waals surface area (Å²) in [6, 6.07) is -0.306. The van der Waals surface area contributed by atoms with E-state index in [1.165, 1.54) is 0 Å². The van der Waals surface area contributed by atoms with Gasteiger partial charge in [-0.2, -0.15) is 0 Å². The molecule has 2 aliphatic heterocycles. The largest absolute Gasteiger partial charge is 0.377 e. The van der Waals surface area contributed by atoms with E-state index in [9.17, 15) is 9.59 Å². The van der Waals surface area contributed by atoms with Crippen LogP contribution in [0, 0.1) is 5.92 Å². The number of hydrogen-bond acceptors (Lipinski definition) is 4. The van der Waals surface area contributed by atoms with Crippen LogP contribution in [0.1, 0.15) is 26.7 Å². The fraction of sp³-hybridized carbons (Fsp3) is 0.857. The van der Waals surface area contributed by atoms with Crippen molar-refractivity contribution in [3.63, 3.8) is 0 Å². The van der Waals surface area contributed by atoms with E-state index in [4.69, 9.17) is 4.74 Å². The molecule has 2 N–H and O–H groups in total. The Labute approximate surface area is 120 Å². The topological polar surface area (TPSA) is 70.7 Å². The van der Waals surface area contributed by atoms with Gasteiger partial charge < -0.3 is 20.3 Å². The highest BCUT2D eigenvalue weighted by atomic mass is 16.5. The lowest BCUT2D eigenvalue weighted by Crippen LogP contribution is -2.59. The average molecular weight is 283 g/mol. The van der Waals surface area contributed by atoms with E-state index < -0.39 is 6.04 Å². The number of hydrogen-bond donors (Lipinski definition) is 2. The van der Waals surface area contributed by atoms with Crippen LogP contribution in [0.25, 0.3) is 0 Å². The molecular weight excluding hydrogens is 258 g/mol. The molecule has 6 heteroatoms. The summed E-state index contributed by atoms with van der Waals surface area (Å²) in [4.78, 5) is 26.5.